The molecule has 4 heteroatoms. The van der Waals surface area contributed by atoms with Gasteiger partial charge in [0.25, 0.3) is 0 Å². The summed E-state index contributed by atoms with van der Waals surface area (Å²) in [5.74, 6) is 0. The predicted molar refractivity (Wildman–Crippen MR) is 216 cm³/mol. The van der Waals surface area contributed by atoms with Gasteiger partial charge in [0.2, 0.25) is 0 Å². The molecule has 0 spiro atoms. The highest BCUT2D eigenvalue weighted by atomic mass is 32.1. The van der Waals surface area contributed by atoms with Crippen molar-refractivity contribution in [2.45, 2.75) is 57.8 Å². The summed E-state index contributed by atoms with van der Waals surface area (Å²) in [4.78, 5) is 10.0. The third kappa shape index (κ3) is 3.87. The Balaban J connectivity index is 1.02. The summed E-state index contributed by atoms with van der Waals surface area (Å²) in [7, 11) is 0. The van der Waals surface area contributed by atoms with E-state index < -0.39 is 0 Å². The summed E-state index contributed by atoms with van der Waals surface area (Å²) in [5.41, 5.74) is 21.0. The van der Waals surface area contributed by atoms with E-state index in [9.17, 15) is 0 Å². The Morgan fingerprint density at radius 1 is 0.373 bits per heavy atom. The van der Waals surface area contributed by atoms with Crippen LogP contribution in [0.15, 0.2) is 109 Å². The lowest BCUT2D eigenvalue weighted by molar-refractivity contribution is 0.649. The van der Waals surface area contributed by atoms with E-state index in [0.717, 1.165) is 21.0 Å². The summed E-state index contributed by atoms with van der Waals surface area (Å²) >= 11 is 3.56. The molecule has 51 heavy (non-hydrogen) atoms. The third-order valence-corrected chi connectivity index (χ3v) is 14.5. The van der Waals surface area contributed by atoms with Gasteiger partial charge in [-0.2, -0.15) is 0 Å². The summed E-state index contributed by atoms with van der Waals surface area (Å²) in [6.45, 7) is 14.4. The molecule has 0 bridgehead atoms. The van der Waals surface area contributed by atoms with Crippen molar-refractivity contribution in [1.29, 1.82) is 0 Å². The molecule has 0 amide bonds. The molecule has 0 saturated heterocycles. The molecule has 11 rings (SSSR count). The number of aromatic nitrogens is 2. The standard InChI is InChI=1S/C47H36N2S2/c1-45(2)33-19-25(43-48-39-11-7-9-13-41(39)50-43)15-17-27(33)29-21-37-31(23-35(29)45)32-24-36-30(22-38(32)47(37,5)6)28-18-16-26(20-34(28)46(36,3)4)44-49-40-12-8-10-14-42(40)51-44/h7-24H,1-6H3. The maximum atomic E-state index is 5.00. The summed E-state index contributed by atoms with van der Waals surface area (Å²) < 4.78 is 2.47. The van der Waals surface area contributed by atoms with Gasteiger partial charge in [-0.15, -0.1) is 22.7 Å². The van der Waals surface area contributed by atoms with Crippen molar-refractivity contribution in [3.05, 3.63) is 143 Å². The first-order chi connectivity index (χ1) is 24.5. The van der Waals surface area contributed by atoms with Crippen molar-refractivity contribution in [1.82, 2.24) is 9.97 Å². The maximum Gasteiger partial charge on any atom is 0.124 e. The monoisotopic (exact) mass is 692 g/mol. The average molecular weight is 693 g/mol. The third-order valence-electron chi connectivity index (χ3n) is 12.3. The van der Waals surface area contributed by atoms with Crippen LogP contribution in [-0.4, -0.2) is 9.97 Å². The zero-order valence-corrected chi connectivity index (χ0v) is 31.2. The molecule has 6 aromatic carbocycles. The molecule has 3 aliphatic rings. The average Bonchev–Trinajstić information content (AvgIpc) is 3.90. The van der Waals surface area contributed by atoms with E-state index in [1.54, 1.807) is 22.7 Å². The van der Waals surface area contributed by atoms with E-state index in [-0.39, 0.29) is 16.2 Å². The van der Waals surface area contributed by atoms with Gasteiger partial charge >= 0.3 is 0 Å². The van der Waals surface area contributed by atoms with E-state index in [2.05, 4.69) is 151 Å². The normalized spacial score (nSPS) is 16.5. The van der Waals surface area contributed by atoms with Crippen LogP contribution in [-0.2, 0) is 16.2 Å². The van der Waals surface area contributed by atoms with Crippen LogP contribution in [0.3, 0.4) is 0 Å². The fourth-order valence-corrected chi connectivity index (χ4v) is 11.4. The maximum absolute atomic E-state index is 5.00. The molecule has 0 N–H and O–H groups in total. The smallest absolute Gasteiger partial charge is 0.124 e. The van der Waals surface area contributed by atoms with Gasteiger partial charge in [0.1, 0.15) is 10.0 Å². The van der Waals surface area contributed by atoms with Crippen LogP contribution in [0, 0.1) is 0 Å². The van der Waals surface area contributed by atoms with Crippen molar-refractivity contribution >= 4 is 43.1 Å². The molecule has 0 saturated carbocycles. The van der Waals surface area contributed by atoms with Crippen molar-refractivity contribution in [2.24, 2.45) is 0 Å². The highest BCUT2D eigenvalue weighted by molar-refractivity contribution is 7.22. The molecule has 8 aromatic rings. The predicted octanol–water partition coefficient (Wildman–Crippen LogP) is 13.2. The molecular weight excluding hydrogens is 657 g/mol. The highest BCUT2D eigenvalue weighted by Gasteiger charge is 2.44. The minimum Gasteiger partial charge on any atom is -0.236 e. The second kappa shape index (κ2) is 9.70. The Kier molecular flexibility index (Phi) is 5.67. The number of benzene rings is 6. The van der Waals surface area contributed by atoms with Crippen molar-refractivity contribution in [3.63, 3.8) is 0 Å². The SMILES string of the molecule is CC1(C)c2cc(-c3nc4ccccc4s3)ccc2-c2cc3c(cc21)-c1cc2c(cc1C3(C)C)-c1ccc(-c3nc4ccccc4s3)cc1C2(C)C. The molecule has 2 nitrogen and oxygen atoms in total. The molecule has 0 unspecified atom stereocenters. The van der Waals surface area contributed by atoms with Gasteiger partial charge in [0.05, 0.1) is 20.4 Å². The van der Waals surface area contributed by atoms with E-state index in [0.29, 0.717) is 0 Å². The van der Waals surface area contributed by atoms with Crippen LogP contribution in [0.4, 0.5) is 0 Å². The van der Waals surface area contributed by atoms with Crippen LogP contribution >= 0.6 is 22.7 Å². The summed E-state index contributed by atoms with van der Waals surface area (Å²) in [5, 5.41) is 2.18. The molecule has 0 atom stereocenters. The molecule has 2 heterocycles. The molecule has 3 aliphatic carbocycles. The second-order valence-corrected chi connectivity index (χ2v) is 18.3. The van der Waals surface area contributed by atoms with E-state index in [1.807, 2.05) is 0 Å². The fraction of sp³-hybridized carbons (Fsp3) is 0.191. The number of rotatable bonds is 2. The van der Waals surface area contributed by atoms with Crippen LogP contribution in [0.5, 0.6) is 0 Å². The number of para-hydroxylation sites is 2. The first-order valence-electron chi connectivity index (χ1n) is 17.9. The van der Waals surface area contributed by atoms with Gasteiger partial charge in [0.15, 0.2) is 0 Å². The number of hydrogen-bond acceptors (Lipinski definition) is 4. The van der Waals surface area contributed by atoms with E-state index >= 15 is 0 Å². The second-order valence-electron chi connectivity index (χ2n) is 16.3. The molecule has 0 radical (unpaired) electrons. The lowest BCUT2D eigenvalue weighted by atomic mass is 9.78. The molecular formula is C47H36N2S2. The molecule has 2 aromatic heterocycles. The van der Waals surface area contributed by atoms with Gasteiger partial charge in [-0.1, -0.05) is 90.1 Å². The Labute approximate surface area is 306 Å². The number of nitrogens with zero attached hydrogens (tertiary/aromatic N) is 2. The minimum absolute atomic E-state index is 0.115. The first kappa shape index (κ1) is 29.8. The van der Waals surface area contributed by atoms with Gasteiger partial charge in [-0.25, -0.2) is 9.97 Å². The van der Waals surface area contributed by atoms with Crippen LogP contribution < -0.4 is 0 Å². The van der Waals surface area contributed by atoms with Crippen LogP contribution in [0.2, 0.25) is 0 Å². The van der Waals surface area contributed by atoms with Gasteiger partial charge < -0.3 is 0 Å². The van der Waals surface area contributed by atoms with E-state index in [4.69, 9.17) is 9.97 Å². The van der Waals surface area contributed by atoms with Crippen molar-refractivity contribution in [2.75, 3.05) is 0 Å². The number of hydrogen-bond donors (Lipinski definition) is 0. The Morgan fingerprint density at radius 2 is 0.706 bits per heavy atom. The van der Waals surface area contributed by atoms with E-state index in [1.165, 1.54) is 87.3 Å². The number of thiazole rings is 2. The Morgan fingerprint density at radius 3 is 1.08 bits per heavy atom. The zero-order valence-electron chi connectivity index (χ0n) is 29.6. The highest BCUT2D eigenvalue weighted by Crippen LogP contribution is 2.59. The molecule has 246 valence electrons. The lowest BCUT2D eigenvalue weighted by Gasteiger charge is -2.25. The lowest BCUT2D eigenvalue weighted by Crippen LogP contribution is -2.17. The number of fused-ring (bicyclic) bond motifs is 11. The Bertz CT molecular complexity index is 2580. The zero-order chi connectivity index (χ0) is 34.6. The van der Waals surface area contributed by atoms with Crippen LogP contribution in [0.25, 0.3) is 75.0 Å². The summed E-state index contributed by atoms with van der Waals surface area (Å²) in [6, 6.07) is 41.1. The van der Waals surface area contributed by atoms with Gasteiger partial charge in [0, 0.05) is 27.4 Å². The van der Waals surface area contributed by atoms with Crippen LogP contribution in [0.1, 0.15) is 74.9 Å². The molecule has 0 aliphatic heterocycles. The molecule has 0 fully saturated rings. The van der Waals surface area contributed by atoms with Crippen molar-refractivity contribution < 1.29 is 0 Å². The topological polar surface area (TPSA) is 25.8 Å². The summed E-state index contributed by atoms with van der Waals surface area (Å²) in [6.07, 6.45) is 0. The first-order valence-corrected chi connectivity index (χ1v) is 19.5. The largest absolute Gasteiger partial charge is 0.236 e. The Hall–Kier alpha value is -4.90. The quantitative estimate of drug-likeness (QED) is 0.180. The van der Waals surface area contributed by atoms with Gasteiger partial charge in [-0.3, -0.25) is 0 Å². The fourth-order valence-electron chi connectivity index (χ4n) is 9.44. The van der Waals surface area contributed by atoms with Crippen molar-refractivity contribution in [3.8, 4) is 54.5 Å². The van der Waals surface area contributed by atoms with Gasteiger partial charge in [-0.05, 0) is 127 Å². The minimum atomic E-state index is -0.122.